The van der Waals surface area contributed by atoms with Gasteiger partial charge in [0.15, 0.2) is 6.61 Å². The van der Waals surface area contributed by atoms with E-state index in [4.69, 9.17) is 16.3 Å². The van der Waals surface area contributed by atoms with E-state index >= 15 is 0 Å². The number of rotatable bonds is 3. The summed E-state index contributed by atoms with van der Waals surface area (Å²) in [6, 6.07) is 7.24. The summed E-state index contributed by atoms with van der Waals surface area (Å²) in [5.41, 5.74) is 0.195. The van der Waals surface area contributed by atoms with Crippen LogP contribution in [0.1, 0.15) is 25.7 Å². The van der Waals surface area contributed by atoms with Gasteiger partial charge < -0.3 is 9.64 Å². The Morgan fingerprint density at radius 1 is 1.33 bits per heavy atom. The van der Waals surface area contributed by atoms with Gasteiger partial charge in [0.1, 0.15) is 5.75 Å². The Morgan fingerprint density at radius 2 is 2.11 bits per heavy atom. The highest BCUT2D eigenvalue weighted by atomic mass is 35.5. The number of halogens is 1. The molecular formula is C14H16ClNO2. The molecule has 1 aliphatic carbocycles. The molecule has 1 amide bonds. The lowest BCUT2D eigenvalue weighted by atomic mass is 9.68. The van der Waals surface area contributed by atoms with Gasteiger partial charge in [0, 0.05) is 12.1 Å². The fourth-order valence-electron chi connectivity index (χ4n) is 2.81. The molecule has 1 spiro atoms. The second-order valence-electron chi connectivity index (χ2n) is 5.09. The van der Waals surface area contributed by atoms with Gasteiger partial charge >= 0.3 is 0 Å². The monoisotopic (exact) mass is 265 g/mol. The number of para-hydroxylation sites is 1. The normalized spacial score (nSPS) is 20.2. The number of carbonyl (C=O) groups is 1. The van der Waals surface area contributed by atoms with Gasteiger partial charge in [-0.05, 0) is 37.8 Å². The smallest absolute Gasteiger partial charge is 0.260 e. The summed E-state index contributed by atoms with van der Waals surface area (Å²) in [6.07, 6.45) is 4.72. The Hall–Kier alpha value is -1.22. The van der Waals surface area contributed by atoms with Gasteiger partial charge in [-0.1, -0.05) is 23.7 Å². The lowest BCUT2D eigenvalue weighted by molar-refractivity contribution is -0.157. The molecule has 1 heterocycles. The van der Waals surface area contributed by atoms with Crippen LogP contribution in [0.3, 0.4) is 0 Å². The van der Waals surface area contributed by atoms with Crippen LogP contribution in [0.15, 0.2) is 24.3 Å². The maximum Gasteiger partial charge on any atom is 0.260 e. The minimum atomic E-state index is 0.0841. The summed E-state index contributed by atoms with van der Waals surface area (Å²) in [5.74, 6) is 0.663. The van der Waals surface area contributed by atoms with Gasteiger partial charge in [0.2, 0.25) is 0 Å². The van der Waals surface area contributed by atoms with E-state index in [1.54, 1.807) is 12.1 Å². The zero-order valence-electron chi connectivity index (χ0n) is 10.2. The molecule has 2 fully saturated rings. The first-order valence-corrected chi connectivity index (χ1v) is 6.77. The Morgan fingerprint density at radius 3 is 2.67 bits per heavy atom. The molecule has 0 unspecified atom stereocenters. The molecule has 1 aromatic rings. The Balaban J connectivity index is 1.57. The molecule has 2 aliphatic rings. The van der Waals surface area contributed by atoms with Gasteiger partial charge in [-0.3, -0.25) is 4.79 Å². The van der Waals surface area contributed by atoms with E-state index in [1.165, 1.54) is 6.42 Å². The second-order valence-corrected chi connectivity index (χ2v) is 5.50. The van der Waals surface area contributed by atoms with Gasteiger partial charge in [-0.25, -0.2) is 0 Å². The summed E-state index contributed by atoms with van der Waals surface area (Å²) >= 11 is 5.98. The molecule has 3 nitrogen and oxygen atoms in total. The largest absolute Gasteiger partial charge is 0.482 e. The molecule has 3 rings (SSSR count). The maximum atomic E-state index is 12.1. The molecule has 0 bridgehead atoms. The summed E-state index contributed by atoms with van der Waals surface area (Å²) < 4.78 is 5.49. The fourth-order valence-corrected chi connectivity index (χ4v) is 3.00. The highest BCUT2D eigenvalue weighted by Gasteiger charge is 2.51. The number of hydrogen-bond acceptors (Lipinski definition) is 2. The third-order valence-corrected chi connectivity index (χ3v) is 4.46. The standard InChI is InChI=1S/C14H16ClNO2/c15-11-4-1-2-5-12(11)18-10-13(17)16-9-8-14(16)6-3-7-14/h1-2,4-5H,3,6-10H2. The first kappa shape index (κ1) is 11.8. The SMILES string of the molecule is O=C(COc1ccccc1Cl)N1CCC12CCC2. The van der Waals surface area contributed by atoms with Crippen molar-refractivity contribution in [1.82, 2.24) is 4.90 Å². The summed E-state index contributed by atoms with van der Waals surface area (Å²) in [7, 11) is 0. The minimum Gasteiger partial charge on any atom is -0.482 e. The molecule has 96 valence electrons. The van der Waals surface area contributed by atoms with Gasteiger partial charge in [-0.2, -0.15) is 0 Å². The Labute approximate surface area is 112 Å². The van der Waals surface area contributed by atoms with Gasteiger partial charge in [-0.15, -0.1) is 0 Å². The predicted molar refractivity (Wildman–Crippen MR) is 69.9 cm³/mol. The number of likely N-dealkylation sites (tertiary alicyclic amines) is 1. The summed E-state index contributed by atoms with van der Waals surface area (Å²) in [4.78, 5) is 14.1. The first-order valence-electron chi connectivity index (χ1n) is 6.39. The van der Waals surface area contributed by atoms with Crippen molar-refractivity contribution in [3.63, 3.8) is 0 Å². The molecule has 1 aromatic carbocycles. The maximum absolute atomic E-state index is 12.1. The third kappa shape index (κ3) is 1.87. The van der Waals surface area contributed by atoms with Gasteiger partial charge in [0.05, 0.1) is 5.02 Å². The summed E-state index contributed by atoms with van der Waals surface area (Å²) in [6.45, 7) is 0.968. The van der Waals surface area contributed by atoms with E-state index in [2.05, 4.69) is 0 Å². The molecule has 1 aliphatic heterocycles. The van der Waals surface area contributed by atoms with E-state index < -0.39 is 0 Å². The van der Waals surface area contributed by atoms with Gasteiger partial charge in [0.25, 0.3) is 5.91 Å². The lowest BCUT2D eigenvalue weighted by Crippen LogP contribution is -2.66. The van der Waals surface area contributed by atoms with Crippen molar-refractivity contribution in [2.45, 2.75) is 31.2 Å². The van der Waals surface area contributed by atoms with Crippen LogP contribution in [-0.2, 0) is 4.79 Å². The zero-order chi connectivity index (χ0) is 12.6. The third-order valence-electron chi connectivity index (χ3n) is 4.15. The van der Waals surface area contributed by atoms with Crippen molar-refractivity contribution >= 4 is 17.5 Å². The number of amides is 1. The predicted octanol–water partition coefficient (Wildman–Crippen LogP) is 2.87. The molecular weight excluding hydrogens is 250 g/mol. The summed E-state index contributed by atoms with van der Waals surface area (Å²) in [5, 5.41) is 0.548. The average molecular weight is 266 g/mol. The molecule has 0 atom stereocenters. The number of benzene rings is 1. The zero-order valence-corrected chi connectivity index (χ0v) is 10.9. The lowest BCUT2D eigenvalue weighted by Gasteiger charge is -2.58. The van der Waals surface area contributed by atoms with E-state index in [1.807, 2.05) is 17.0 Å². The van der Waals surface area contributed by atoms with Crippen molar-refractivity contribution in [2.24, 2.45) is 0 Å². The van der Waals surface area contributed by atoms with Crippen molar-refractivity contribution < 1.29 is 9.53 Å². The molecule has 4 heteroatoms. The fraction of sp³-hybridized carbons (Fsp3) is 0.500. The highest BCUT2D eigenvalue weighted by Crippen LogP contribution is 2.46. The topological polar surface area (TPSA) is 29.5 Å². The highest BCUT2D eigenvalue weighted by molar-refractivity contribution is 6.32. The van der Waals surface area contributed by atoms with Crippen LogP contribution in [0, 0.1) is 0 Å². The second kappa shape index (κ2) is 4.47. The van der Waals surface area contributed by atoms with E-state index in [-0.39, 0.29) is 18.1 Å². The molecule has 0 radical (unpaired) electrons. The van der Waals surface area contributed by atoms with Crippen LogP contribution in [0.5, 0.6) is 5.75 Å². The van der Waals surface area contributed by atoms with Crippen LogP contribution in [0.4, 0.5) is 0 Å². The van der Waals surface area contributed by atoms with E-state index in [9.17, 15) is 4.79 Å². The molecule has 18 heavy (non-hydrogen) atoms. The van der Waals surface area contributed by atoms with Crippen LogP contribution in [0.2, 0.25) is 5.02 Å². The van der Waals surface area contributed by atoms with E-state index in [0.29, 0.717) is 10.8 Å². The van der Waals surface area contributed by atoms with Crippen molar-refractivity contribution in [1.29, 1.82) is 0 Å². The van der Waals surface area contributed by atoms with Crippen molar-refractivity contribution in [3.05, 3.63) is 29.3 Å². The Bertz CT molecular complexity index is 465. The molecule has 0 N–H and O–H groups in total. The number of ether oxygens (including phenoxy) is 1. The first-order chi connectivity index (χ1) is 8.71. The van der Waals surface area contributed by atoms with Crippen molar-refractivity contribution in [3.8, 4) is 5.75 Å². The average Bonchev–Trinajstić information content (AvgIpc) is 2.24. The number of nitrogens with zero attached hydrogens (tertiary/aromatic N) is 1. The molecule has 1 saturated heterocycles. The van der Waals surface area contributed by atoms with Crippen LogP contribution in [0.25, 0.3) is 0 Å². The Kier molecular flexibility index (Phi) is 2.94. The van der Waals surface area contributed by atoms with Crippen LogP contribution < -0.4 is 4.74 Å². The van der Waals surface area contributed by atoms with Crippen molar-refractivity contribution in [2.75, 3.05) is 13.2 Å². The quantitative estimate of drug-likeness (QED) is 0.841. The number of carbonyl (C=O) groups excluding carboxylic acids is 1. The minimum absolute atomic E-state index is 0.0841. The molecule has 1 saturated carbocycles. The van der Waals surface area contributed by atoms with E-state index in [0.717, 1.165) is 25.8 Å². The van der Waals surface area contributed by atoms with Crippen LogP contribution >= 0.6 is 11.6 Å². The molecule has 0 aromatic heterocycles. The number of hydrogen-bond donors (Lipinski definition) is 0. The van der Waals surface area contributed by atoms with Crippen LogP contribution in [-0.4, -0.2) is 29.5 Å².